The molecule has 0 aromatic carbocycles. The Kier molecular flexibility index (Phi) is 3.44. The maximum absolute atomic E-state index is 2.33. The van der Waals surface area contributed by atoms with E-state index >= 15 is 0 Å². The summed E-state index contributed by atoms with van der Waals surface area (Å²) in [6.45, 7) is 4.42. The second-order valence-corrected chi connectivity index (χ2v) is 5.20. The Morgan fingerprint density at radius 1 is 1.56 bits per heavy atom. The second-order valence-electron chi connectivity index (χ2n) is 3.04. The fourth-order valence-electron chi connectivity index (χ4n) is 1.03. The smallest absolute Gasteiger partial charge is 0.0199 e. The van der Waals surface area contributed by atoms with Crippen molar-refractivity contribution in [3.63, 3.8) is 0 Å². The number of rotatable bonds is 0. The first-order chi connectivity index (χ1) is 3.60. The Morgan fingerprint density at radius 3 is 2.22 bits per heavy atom. The summed E-state index contributed by atoms with van der Waals surface area (Å²) in [7, 11) is 1.24. The molecule has 0 aromatic heterocycles. The minimum absolute atomic E-state index is 0. The van der Waals surface area contributed by atoms with Gasteiger partial charge in [0, 0.05) is 39.8 Å². The van der Waals surface area contributed by atoms with Crippen molar-refractivity contribution in [2.75, 3.05) is 0 Å². The third-order valence-corrected chi connectivity index (χ3v) is 2.00. The van der Waals surface area contributed by atoms with Gasteiger partial charge in [0.2, 0.25) is 0 Å². The van der Waals surface area contributed by atoms with Gasteiger partial charge in [-0.2, -0.15) is 0 Å². The zero-order chi connectivity index (χ0) is 6.20. The van der Waals surface area contributed by atoms with Crippen LogP contribution in [-0.2, 0) is 0 Å². The molecule has 1 rings (SSSR count). The first-order valence-corrected chi connectivity index (χ1v) is 3.99. The third-order valence-electron chi connectivity index (χ3n) is 1.38. The largest absolute Gasteiger partial charge is 0.0783 e. The summed E-state index contributed by atoms with van der Waals surface area (Å²) in [5.74, 6) is 0. The summed E-state index contributed by atoms with van der Waals surface area (Å²) < 4.78 is 0. The summed E-state index contributed by atoms with van der Waals surface area (Å²) in [6.07, 6.45) is 6.82. The van der Waals surface area contributed by atoms with Gasteiger partial charge in [0.1, 0.15) is 0 Å². The van der Waals surface area contributed by atoms with Crippen molar-refractivity contribution in [3.05, 3.63) is 23.8 Å². The van der Waals surface area contributed by atoms with Crippen LogP contribution in [0.5, 0.6) is 0 Å². The van der Waals surface area contributed by atoms with Crippen molar-refractivity contribution < 1.29 is 0 Å². The van der Waals surface area contributed by atoms with E-state index < -0.39 is 0 Å². The summed E-state index contributed by atoms with van der Waals surface area (Å²) in [5.41, 5.74) is 1.42. The Morgan fingerprint density at radius 2 is 2.11 bits per heavy atom. The summed E-state index contributed by atoms with van der Waals surface area (Å²) in [6, 6.07) is 0. The molecule has 0 fully saturated rings. The molecular formula is C7H12NaSi. The molecule has 1 atom stereocenters. The Hall–Kier alpha value is 0.697. The maximum Gasteiger partial charge on any atom is 0.0199 e. The molecule has 9 heavy (non-hydrogen) atoms. The fourth-order valence-corrected chi connectivity index (χ4v) is 1.65. The Balaban J connectivity index is 0.000000640. The van der Waals surface area contributed by atoms with Crippen LogP contribution in [0.4, 0.5) is 0 Å². The molecule has 1 aliphatic carbocycles. The van der Waals surface area contributed by atoms with E-state index in [1.54, 1.807) is 0 Å². The van der Waals surface area contributed by atoms with E-state index in [0.717, 1.165) is 0 Å². The zero-order valence-electron chi connectivity index (χ0n) is 6.73. The van der Waals surface area contributed by atoms with E-state index in [-0.39, 0.29) is 29.6 Å². The predicted molar refractivity (Wildman–Crippen MR) is 47.0 cm³/mol. The quantitative estimate of drug-likeness (QED) is 0.442. The van der Waals surface area contributed by atoms with Gasteiger partial charge in [0.15, 0.2) is 0 Å². The van der Waals surface area contributed by atoms with E-state index in [1.807, 2.05) is 0 Å². The van der Waals surface area contributed by atoms with Crippen LogP contribution in [0.3, 0.4) is 0 Å². The molecule has 0 aromatic rings. The van der Waals surface area contributed by atoms with Crippen LogP contribution < -0.4 is 0 Å². The van der Waals surface area contributed by atoms with Gasteiger partial charge < -0.3 is 0 Å². The van der Waals surface area contributed by atoms with Crippen LogP contribution in [0.2, 0.25) is 5.04 Å². The van der Waals surface area contributed by atoms with Gasteiger partial charge >= 0.3 is 0 Å². The first-order valence-electron chi connectivity index (χ1n) is 2.99. The average Bonchev–Trinajstić information content (AvgIpc) is 1.82. The molecule has 0 amide bonds. The van der Waals surface area contributed by atoms with Crippen LogP contribution in [0.25, 0.3) is 0 Å². The van der Waals surface area contributed by atoms with Crippen molar-refractivity contribution in [1.29, 1.82) is 0 Å². The van der Waals surface area contributed by atoms with E-state index in [2.05, 4.69) is 32.1 Å². The predicted octanol–water partition coefficient (Wildman–Crippen LogP) is 0.666. The van der Waals surface area contributed by atoms with Gasteiger partial charge in [-0.25, -0.2) is 0 Å². The third kappa shape index (κ3) is 2.85. The SMILES string of the molecule is CC1=CC(C)([SiH3])C=C1.[Na]. The molecule has 0 aliphatic heterocycles. The summed E-state index contributed by atoms with van der Waals surface area (Å²) in [5, 5.41) is 0.462. The molecular weight excluding hydrogens is 135 g/mol. The summed E-state index contributed by atoms with van der Waals surface area (Å²) >= 11 is 0. The molecule has 0 bridgehead atoms. The van der Waals surface area contributed by atoms with E-state index in [1.165, 1.54) is 15.8 Å². The minimum atomic E-state index is 0. The van der Waals surface area contributed by atoms with Gasteiger partial charge in [-0.05, 0) is 12.0 Å². The standard InChI is InChI=1S/C7H12Si.Na/c1-6-3-4-7(2,8)5-6;/h3-5H,1-2,8H3;. The number of hydrogen-bond donors (Lipinski definition) is 0. The molecule has 0 N–H and O–H groups in total. The molecule has 1 radical (unpaired) electrons. The monoisotopic (exact) mass is 147 g/mol. The number of allylic oxidation sites excluding steroid dienone is 4. The zero-order valence-corrected chi connectivity index (χ0v) is 10.7. The first kappa shape index (κ1) is 9.70. The van der Waals surface area contributed by atoms with Crippen LogP contribution in [0.1, 0.15) is 13.8 Å². The molecule has 45 valence electrons. The second kappa shape index (κ2) is 3.20. The van der Waals surface area contributed by atoms with Crippen molar-refractivity contribution in [2.24, 2.45) is 0 Å². The van der Waals surface area contributed by atoms with Crippen LogP contribution in [-0.4, -0.2) is 39.8 Å². The molecule has 2 heteroatoms. The molecule has 0 saturated carbocycles. The van der Waals surface area contributed by atoms with Crippen LogP contribution in [0, 0.1) is 0 Å². The van der Waals surface area contributed by atoms with Crippen molar-refractivity contribution >= 4 is 39.8 Å². The normalized spacial score (nSPS) is 32.0. The summed E-state index contributed by atoms with van der Waals surface area (Å²) in [4.78, 5) is 0. The van der Waals surface area contributed by atoms with E-state index in [0.29, 0.717) is 5.04 Å². The molecule has 0 heterocycles. The maximum atomic E-state index is 2.33. The van der Waals surface area contributed by atoms with Gasteiger partial charge in [-0.3, -0.25) is 0 Å². The fraction of sp³-hybridized carbons (Fsp3) is 0.429. The van der Waals surface area contributed by atoms with Crippen LogP contribution in [0.15, 0.2) is 23.8 Å². The van der Waals surface area contributed by atoms with Gasteiger partial charge in [0.05, 0.1) is 0 Å². The molecule has 0 saturated heterocycles. The van der Waals surface area contributed by atoms with E-state index in [4.69, 9.17) is 0 Å². The number of hydrogen-bond acceptors (Lipinski definition) is 0. The minimum Gasteiger partial charge on any atom is -0.0783 e. The Labute approximate surface area is 82.1 Å². The molecule has 1 unspecified atom stereocenters. The Bertz CT molecular complexity index is 156. The average molecular weight is 147 g/mol. The van der Waals surface area contributed by atoms with Gasteiger partial charge in [-0.1, -0.05) is 30.7 Å². The van der Waals surface area contributed by atoms with Crippen molar-refractivity contribution in [3.8, 4) is 0 Å². The van der Waals surface area contributed by atoms with Gasteiger partial charge in [-0.15, -0.1) is 0 Å². The molecule has 0 nitrogen and oxygen atoms in total. The molecule has 0 spiro atoms. The van der Waals surface area contributed by atoms with Crippen LogP contribution >= 0.6 is 0 Å². The molecule has 1 aliphatic rings. The van der Waals surface area contributed by atoms with Crippen molar-refractivity contribution in [1.82, 2.24) is 0 Å². The van der Waals surface area contributed by atoms with E-state index in [9.17, 15) is 0 Å². The topological polar surface area (TPSA) is 0 Å². The van der Waals surface area contributed by atoms with Gasteiger partial charge in [0.25, 0.3) is 0 Å². The van der Waals surface area contributed by atoms with Crippen molar-refractivity contribution in [2.45, 2.75) is 18.9 Å².